The fourth-order valence-corrected chi connectivity index (χ4v) is 3.21. The Morgan fingerprint density at radius 1 is 1.40 bits per heavy atom. The lowest BCUT2D eigenvalue weighted by molar-refractivity contribution is -0.143. The zero-order chi connectivity index (χ0) is 18.6. The summed E-state index contributed by atoms with van der Waals surface area (Å²) in [6.45, 7) is 6.23. The first-order chi connectivity index (χ1) is 11.8. The Kier molecular flexibility index (Phi) is 6.16. The Bertz CT molecular complexity index is 633. The van der Waals surface area contributed by atoms with Crippen molar-refractivity contribution < 1.29 is 19.1 Å². The predicted octanol–water partition coefficient (Wildman–Crippen LogP) is 2.26. The van der Waals surface area contributed by atoms with E-state index in [9.17, 15) is 19.1 Å². The maximum Gasteiger partial charge on any atom is 0.225 e. The van der Waals surface area contributed by atoms with Crippen molar-refractivity contribution in [2.45, 2.75) is 39.7 Å². The molecule has 138 valence electrons. The highest BCUT2D eigenvalue weighted by Gasteiger charge is 2.41. The number of carbonyl (C=O) groups is 2. The summed E-state index contributed by atoms with van der Waals surface area (Å²) in [5.41, 5.74) is -0.0584. The summed E-state index contributed by atoms with van der Waals surface area (Å²) in [5, 5.41) is 12.2. The molecule has 0 bridgehead atoms. The largest absolute Gasteiger partial charge is 0.396 e. The molecular formula is C19H27FN2O3. The first-order valence-electron chi connectivity index (χ1n) is 8.73. The minimum absolute atomic E-state index is 0.0474. The van der Waals surface area contributed by atoms with Crippen molar-refractivity contribution in [3.63, 3.8) is 0 Å². The molecule has 25 heavy (non-hydrogen) atoms. The molecule has 1 aromatic carbocycles. The zero-order valence-electron chi connectivity index (χ0n) is 15.1. The lowest BCUT2D eigenvalue weighted by Gasteiger charge is -2.40. The van der Waals surface area contributed by atoms with Crippen LogP contribution in [0.4, 0.5) is 4.39 Å². The van der Waals surface area contributed by atoms with Crippen LogP contribution in [0.2, 0.25) is 0 Å². The van der Waals surface area contributed by atoms with Crippen molar-refractivity contribution in [2.75, 3.05) is 19.7 Å². The van der Waals surface area contributed by atoms with Crippen molar-refractivity contribution in [1.82, 2.24) is 10.2 Å². The van der Waals surface area contributed by atoms with Crippen molar-refractivity contribution >= 4 is 11.8 Å². The number of benzene rings is 1. The summed E-state index contributed by atoms with van der Waals surface area (Å²) in [4.78, 5) is 26.6. The van der Waals surface area contributed by atoms with E-state index in [4.69, 9.17) is 0 Å². The van der Waals surface area contributed by atoms with Gasteiger partial charge in [0.1, 0.15) is 5.82 Å². The second kappa shape index (κ2) is 7.95. The molecule has 2 amide bonds. The molecule has 6 heteroatoms. The topological polar surface area (TPSA) is 69.6 Å². The lowest BCUT2D eigenvalue weighted by Crippen LogP contribution is -2.49. The highest BCUT2D eigenvalue weighted by molar-refractivity contribution is 5.85. The van der Waals surface area contributed by atoms with E-state index in [-0.39, 0.29) is 24.8 Å². The first-order valence-corrected chi connectivity index (χ1v) is 8.73. The maximum atomic E-state index is 14.4. The van der Waals surface area contributed by atoms with Crippen LogP contribution in [0.15, 0.2) is 24.3 Å². The zero-order valence-corrected chi connectivity index (χ0v) is 15.1. The van der Waals surface area contributed by atoms with E-state index < -0.39 is 23.2 Å². The summed E-state index contributed by atoms with van der Waals surface area (Å²) < 4.78 is 14.4. The van der Waals surface area contributed by atoms with E-state index in [0.29, 0.717) is 25.1 Å². The van der Waals surface area contributed by atoms with Crippen LogP contribution in [0.25, 0.3) is 0 Å². The van der Waals surface area contributed by atoms with Gasteiger partial charge in [-0.2, -0.15) is 0 Å². The third-order valence-electron chi connectivity index (χ3n) is 4.78. The molecule has 0 aromatic heterocycles. The minimum atomic E-state index is -0.607. The van der Waals surface area contributed by atoms with Crippen LogP contribution in [-0.4, -0.2) is 41.5 Å². The number of rotatable bonds is 6. The van der Waals surface area contributed by atoms with Crippen molar-refractivity contribution in [3.05, 3.63) is 35.6 Å². The Morgan fingerprint density at radius 2 is 2.08 bits per heavy atom. The highest BCUT2D eigenvalue weighted by Crippen LogP contribution is 2.37. The maximum absolute atomic E-state index is 14.4. The van der Waals surface area contributed by atoms with Crippen LogP contribution >= 0.6 is 0 Å². The Balaban J connectivity index is 2.29. The number of hydrogen-bond acceptors (Lipinski definition) is 3. The molecule has 5 nitrogen and oxygen atoms in total. The van der Waals surface area contributed by atoms with Crippen LogP contribution < -0.4 is 5.32 Å². The molecule has 0 saturated carbocycles. The molecule has 1 saturated heterocycles. The number of aliphatic hydroxyl groups is 1. The number of carbonyl (C=O) groups excluding carboxylic acids is 2. The monoisotopic (exact) mass is 350 g/mol. The number of nitrogens with zero attached hydrogens (tertiary/aromatic N) is 1. The van der Waals surface area contributed by atoms with Crippen molar-refractivity contribution in [2.24, 2.45) is 11.3 Å². The average Bonchev–Trinajstić information content (AvgIpc) is 2.60. The standard InChI is InChI=1S/C19H27FN2O3/c1-4-22-16(24)10-9-14(18(25)21-11-19(2,3)12-23)17(22)13-7-5-6-8-15(13)20/h5-8,14,17,23H,4,9-12H2,1-3H3,(H,21,25)/t14-,17+/m1/s1. The van der Waals surface area contributed by atoms with Crippen LogP contribution in [-0.2, 0) is 9.59 Å². The molecule has 0 radical (unpaired) electrons. The molecule has 1 fully saturated rings. The molecule has 2 rings (SSSR count). The number of aliphatic hydroxyl groups excluding tert-OH is 1. The van der Waals surface area contributed by atoms with Crippen molar-refractivity contribution in [1.29, 1.82) is 0 Å². The van der Waals surface area contributed by atoms with Gasteiger partial charge in [0.2, 0.25) is 11.8 Å². The summed E-state index contributed by atoms with van der Waals surface area (Å²) in [7, 11) is 0. The number of likely N-dealkylation sites (tertiary alicyclic amines) is 1. The molecule has 1 aliphatic heterocycles. The van der Waals surface area contributed by atoms with E-state index in [0.717, 1.165) is 0 Å². The smallest absolute Gasteiger partial charge is 0.225 e. The highest BCUT2D eigenvalue weighted by atomic mass is 19.1. The van der Waals surface area contributed by atoms with Gasteiger partial charge in [-0.25, -0.2) is 4.39 Å². The predicted molar refractivity (Wildman–Crippen MR) is 93.1 cm³/mol. The van der Waals surface area contributed by atoms with E-state index in [1.165, 1.54) is 6.07 Å². The second-order valence-corrected chi connectivity index (χ2v) is 7.33. The summed E-state index contributed by atoms with van der Waals surface area (Å²) >= 11 is 0. The second-order valence-electron chi connectivity index (χ2n) is 7.33. The van der Waals surface area contributed by atoms with Gasteiger partial charge < -0.3 is 15.3 Å². The van der Waals surface area contributed by atoms with Gasteiger partial charge in [-0.3, -0.25) is 9.59 Å². The molecule has 1 aromatic rings. The molecule has 0 spiro atoms. The van der Waals surface area contributed by atoms with Gasteiger partial charge >= 0.3 is 0 Å². The van der Waals surface area contributed by atoms with E-state index in [1.54, 1.807) is 23.1 Å². The Labute approximate surface area is 148 Å². The SMILES string of the molecule is CCN1C(=O)CC[C@@H](C(=O)NCC(C)(C)CO)[C@@H]1c1ccccc1F. The number of nitrogens with one attached hydrogen (secondary N) is 1. The van der Waals surface area contributed by atoms with Gasteiger partial charge in [0.25, 0.3) is 0 Å². The van der Waals surface area contributed by atoms with E-state index in [2.05, 4.69) is 5.32 Å². The first kappa shape index (κ1) is 19.4. The molecular weight excluding hydrogens is 323 g/mol. The fourth-order valence-electron chi connectivity index (χ4n) is 3.21. The van der Waals surface area contributed by atoms with Gasteiger partial charge in [-0.15, -0.1) is 0 Å². The van der Waals surface area contributed by atoms with Gasteiger partial charge in [0, 0.05) is 37.1 Å². The van der Waals surface area contributed by atoms with Crippen LogP contribution in [0, 0.1) is 17.2 Å². The van der Waals surface area contributed by atoms with Crippen LogP contribution in [0.5, 0.6) is 0 Å². The van der Waals surface area contributed by atoms with Crippen LogP contribution in [0.3, 0.4) is 0 Å². The molecule has 0 aliphatic carbocycles. The Morgan fingerprint density at radius 3 is 2.68 bits per heavy atom. The summed E-state index contributed by atoms with van der Waals surface area (Å²) in [6, 6.07) is 5.70. The van der Waals surface area contributed by atoms with E-state index >= 15 is 0 Å². The third kappa shape index (κ3) is 4.37. The van der Waals surface area contributed by atoms with Gasteiger partial charge in [-0.1, -0.05) is 32.0 Å². The fraction of sp³-hybridized carbons (Fsp3) is 0.579. The minimum Gasteiger partial charge on any atom is -0.396 e. The van der Waals surface area contributed by atoms with Crippen molar-refractivity contribution in [3.8, 4) is 0 Å². The number of amides is 2. The van der Waals surface area contributed by atoms with Gasteiger partial charge in [0.15, 0.2) is 0 Å². The molecule has 0 unspecified atom stereocenters. The Hall–Kier alpha value is -1.95. The third-order valence-corrected chi connectivity index (χ3v) is 4.78. The van der Waals surface area contributed by atoms with E-state index in [1.807, 2.05) is 20.8 Å². The molecule has 1 aliphatic rings. The summed E-state index contributed by atoms with van der Waals surface area (Å²) in [5.74, 6) is -1.19. The number of hydrogen-bond donors (Lipinski definition) is 2. The quantitative estimate of drug-likeness (QED) is 0.827. The van der Waals surface area contributed by atoms with Crippen LogP contribution in [0.1, 0.15) is 45.2 Å². The average molecular weight is 350 g/mol. The normalized spacial score (nSPS) is 21.3. The molecule has 1 heterocycles. The molecule has 2 atom stereocenters. The lowest BCUT2D eigenvalue weighted by atomic mass is 9.83. The van der Waals surface area contributed by atoms with Gasteiger partial charge in [0.05, 0.1) is 12.0 Å². The summed E-state index contributed by atoms with van der Waals surface area (Å²) in [6.07, 6.45) is 0.667. The number of piperidine rings is 1. The number of halogens is 1. The van der Waals surface area contributed by atoms with Gasteiger partial charge in [-0.05, 0) is 19.4 Å². The molecule has 2 N–H and O–H groups in total.